The van der Waals surface area contributed by atoms with E-state index in [1.807, 2.05) is 0 Å². The Hall–Kier alpha value is -0.860. The highest BCUT2D eigenvalue weighted by Gasteiger charge is 2.42. The Labute approximate surface area is 90.2 Å². The molecule has 0 aromatic rings. The molecule has 0 heterocycles. The minimum absolute atomic E-state index is 0.150. The molecular formula is C12H18O3. The molecule has 0 bridgehead atoms. The Kier molecular flexibility index (Phi) is 3.08. The second-order valence-corrected chi connectivity index (χ2v) is 4.71. The molecule has 0 aromatic heterocycles. The van der Waals surface area contributed by atoms with Crippen LogP contribution < -0.4 is 0 Å². The number of esters is 1. The highest BCUT2D eigenvalue weighted by Crippen LogP contribution is 2.40. The van der Waals surface area contributed by atoms with Crippen molar-refractivity contribution in [2.75, 3.05) is 7.11 Å². The van der Waals surface area contributed by atoms with E-state index in [4.69, 9.17) is 0 Å². The Morgan fingerprint density at radius 2 is 1.93 bits per heavy atom. The summed E-state index contributed by atoms with van der Waals surface area (Å²) >= 11 is 0. The summed E-state index contributed by atoms with van der Waals surface area (Å²) in [6.07, 6.45) is 6.27. The fourth-order valence-electron chi connectivity index (χ4n) is 3.09. The van der Waals surface area contributed by atoms with Gasteiger partial charge in [0.2, 0.25) is 0 Å². The average molecular weight is 210 g/mol. The summed E-state index contributed by atoms with van der Waals surface area (Å²) in [4.78, 5) is 23.5. The smallest absolute Gasteiger partial charge is 0.316 e. The van der Waals surface area contributed by atoms with Gasteiger partial charge in [0, 0.05) is 5.92 Å². The Morgan fingerprint density at radius 3 is 2.67 bits per heavy atom. The van der Waals surface area contributed by atoms with E-state index in [1.165, 1.54) is 20.0 Å². The normalized spacial score (nSPS) is 35.8. The van der Waals surface area contributed by atoms with Crippen LogP contribution in [-0.4, -0.2) is 18.9 Å². The number of methoxy groups -OCH3 is 1. The van der Waals surface area contributed by atoms with Crippen LogP contribution in [0.4, 0.5) is 0 Å². The second kappa shape index (κ2) is 4.33. The molecule has 84 valence electrons. The molecule has 0 radical (unpaired) electrons. The molecule has 0 saturated heterocycles. The summed E-state index contributed by atoms with van der Waals surface area (Å²) in [5, 5.41) is 0. The van der Waals surface area contributed by atoms with Crippen molar-refractivity contribution in [1.82, 2.24) is 0 Å². The highest BCUT2D eigenvalue weighted by atomic mass is 16.5. The predicted molar refractivity (Wildman–Crippen MR) is 55.2 cm³/mol. The molecule has 2 rings (SSSR count). The van der Waals surface area contributed by atoms with Gasteiger partial charge in [-0.05, 0) is 31.6 Å². The van der Waals surface area contributed by atoms with E-state index in [1.54, 1.807) is 0 Å². The van der Waals surface area contributed by atoms with Gasteiger partial charge in [-0.3, -0.25) is 9.59 Å². The topological polar surface area (TPSA) is 43.4 Å². The fourth-order valence-corrected chi connectivity index (χ4v) is 3.09. The van der Waals surface area contributed by atoms with Gasteiger partial charge in [0.05, 0.1) is 7.11 Å². The van der Waals surface area contributed by atoms with Crippen molar-refractivity contribution in [3.05, 3.63) is 0 Å². The van der Waals surface area contributed by atoms with Crippen LogP contribution in [0, 0.1) is 17.8 Å². The zero-order valence-corrected chi connectivity index (χ0v) is 9.20. The third kappa shape index (κ3) is 1.92. The number of hydrogen-bond acceptors (Lipinski definition) is 3. The van der Waals surface area contributed by atoms with Crippen molar-refractivity contribution in [1.29, 1.82) is 0 Å². The zero-order chi connectivity index (χ0) is 10.8. The maximum absolute atomic E-state index is 12.1. The summed E-state index contributed by atoms with van der Waals surface area (Å²) in [7, 11) is 1.36. The molecule has 0 amide bonds. The van der Waals surface area contributed by atoms with E-state index in [-0.39, 0.29) is 17.7 Å². The van der Waals surface area contributed by atoms with Crippen molar-refractivity contribution in [2.45, 2.75) is 38.5 Å². The monoisotopic (exact) mass is 210 g/mol. The highest BCUT2D eigenvalue weighted by molar-refractivity contribution is 6.00. The zero-order valence-electron chi connectivity index (χ0n) is 9.20. The van der Waals surface area contributed by atoms with E-state index >= 15 is 0 Å². The van der Waals surface area contributed by atoms with Crippen LogP contribution >= 0.6 is 0 Å². The number of carbonyl (C=O) groups excluding carboxylic acids is 2. The van der Waals surface area contributed by atoms with E-state index in [0.29, 0.717) is 12.3 Å². The number of Topliss-reactive ketones (excluding diaryl/α,β-unsaturated/α-hetero) is 1. The lowest BCUT2D eigenvalue weighted by atomic mass is 9.67. The van der Waals surface area contributed by atoms with Gasteiger partial charge in [-0.15, -0.1) is 0 Å². The van der Waals surface area contributed by atoms with Crippen LogP contribution in [0.25, 0.3) is 0 Å². The molecule has 0 aliphatic heterocycles. The molecule has 2 aliphatic carbocycles. The minimum Gasteiger partial charge on any atom is -0.468 e. The molecule has 15 heavy (non-hydrogen) atoms. The van der Waals surface area contributed by atoms with E-state index in [9.17, 15) is 9.59 Å². The van der Waals surface area contributed by atoms with Crippen LogP contribution in [0.2, 0.25) is 0 Å². The van der Waals surface area contributed by atoms with Gasteiger partial charge in [0.15, 0.2) is 0 Å². The minimum atomic E-state index is -0.464. The molecule has 0 aromatic carbocycles. The first-order chi connectivity index (χ1) is 7.24. The van der Waals surface area contributed by atoms with E-state index < -0.39 is 5.92 Å². The molecule has 2 aliphatic rings. The third-order valence-corrected chi connectivity index (χ3v) is 3.93. The van der Waals surface area contributed by atoms with Crippen LogP contribution in [0.3, 0.4) is 0 Å². The summed E-state index contributed by atoms with van der Waals surface area (Å²) in [6, 6.07) is 0. The van der Waals surface area contributed by atoms with Gasteiger partial charge in [-0.1, -0.05) is 12.8 Å². The molecular weight excluding hydrogens is 192 g/mol. The summed E-state index contributed by atoms with van der Waals surface area (Å²) in [5.74, 6) is 0.0555. The maximum Gasteiger partial charge on any atom is 0.316 e. The maximum atomic E-state index is 12.1. The lowest BCUT2D eigenvalue weighted by Crippen LogP contribution is -2.40. The molecule has 0 N–H and O–H groups in total. The molecule has 2 saturated carbocycles. The number of ether oxygens (including phenoxy) is 1. The average Bonchev–Trinajstić information content (AvgIpc) is 2.29. The lowest BCUT2D eigenvalue weighted by molar-refractivity contribution is -0.154. The summed E-state index contributed by atoms with van der Waals surface area (Å²) in [6.45, 7) is 0. The predicted octanol–water partition coefficient (Wildman–Crippen LogP) is 1.94. The number of hydrogen-bond donors (Lipinski definition) is 0. The Balaban J connectivity index is 2.08. The summed E-state index contributed by atoms with van der Waals surface area (Å²) < 4.78 is 4.68. The van der Waals surface area contributed by atoms with Crippen LogP contribution in [0.5, 0.6) is 0 Å². The van der Waals surface area contributed by atoms with Crippen LogP contribution in [-0.2, 0) is 14.3 Å². The number of rotatable bonds is 1. The fraction of sp³-hybridized carbons (Fsp3) is 0.833. The van der Waals surface area contributed by atoms with Crippen molar-refractivity contribution < 1.29 is 14.3 Å². The van der Waals surface area contributed by atoms with Gasteiger partial charge >= 0.3 is 5.97 Å². The molecule has 3 unspecified atom stereocenters. The third-order valence-electron chi connectivity index (χ3n) is 3.93. The van der Waals surface area contributed by atoms with Gasteiger partial charge in [0.1, 0.15) is 11.7 Å². The quantitative estimate of drug-likeness (QED) is 0.490. The van der Waals surface area contributed by atoms with Crippen molar-refractivity contribution in [3.63, 3.8) is 0 Å². The van der Waals surface area contributed by atoms with E-state index in [2.05, 4.69) is 4.74 Å². The SMILES string of the molecule is COC(=O)C1CCC2CCCCC2C1=O. The van der Waals surface area contributed by atoms with Crippen LogP contribution in [0.15, 0.2) is 0 Å². The number of carbonyl (C=O) groups is 2. The van der Waals surface area contributed by atoms with Gasteiger partial charge in [-0.2, -0.15) is 0 Å². The van der Waals surface area contributed by atoms with E-state index in [0.717, 1.165) is 19.3 Å². The van der Waals surface area contributed by atoms with Crippen molar-refractivity contribution in [2.24, 2.45) is 17.8 Å². The summed E-state index contributed by atoms with van der Waals surface area (Å²) in [5.41, 5.74) is 0. The largest absolute Gasteiger partial charge is 0.468 e. The lowest BCUT2D eigenvalue weighted by Gasteiger charge is -2.36. The second-order valence-electron chi connectivity index (χ2n) is 4.71. The van der Waals surface area contributed by atoms with Crippen LogP contribution in [0.1, 0.15) is 38.5 Å². The first-order valence-electron chi connectivity index (χ1n) is 5.85. The molecule has 3 heteroatoms. The number of fused-ring (bicyclic) bond motifs is 1. The molecule has 2 fully saturated rings. The van der Waals surface area contributed by atoms with Gasteiger partial charge < -0.3 is 4.74 Å². The van der Waals surface area contributed by atoms with Crippen molar-refractivity contribution in [3.8, 4) is 0 Å². The molecule has 0 spiro atoms. The number of ketones is 1. The first-order valence-corrected chi connectivity index (χ1v) is 5.85. The Bertz CT molecular complexity index is 272. The Morgan fingerprint density at radius 1 is 1.20 bits per heavy atom. The molecule has 3 nitrogen and oxygen atoms in total. The van der Waals surface area contributed by atoms with Crippen molar-refractivity contribution >= 4 is 11.8 Å². The first kappa shape index (κ1) is 10.7. The standard InChI is InChI=1S/C12H18O3/c1-15-12(14)10-7-6-8-4-2-3-5-9(8)11(10)13/h8-10H,2-7H2,1H3. The van der Waals surface area contributed by atoms with Gasteiger partial charge in [-0.25, -0.2) is 0 Å². The van der Waals surface area contributed by atoms with Gasteiger partial charge in [0.25, 0.3) is 0 Å². The molecule has 3 atom stereocenters.